The van der Waals surface area contributed by atoms with Crippen LogP contribution in [-0.4, -0.2) is 15.8 Å². The topological polar surface area (TPSA) is 20.2 Å². The summed E-state index contributed by atoms with van der Waals surface area (Å²) in [6, 6.07) is 0. The van der Waals surface area contributed by atoms with Gasteiger partial charge in [-0.05, 0) is 5.92 Å². The molecule has 2 atom stereocenters. The molecule has 0 aliphatic carbocycles. The van der Waals surface area contributed by atoms with E-state index in [1.807, 2.05) is 20.8 Å². The summed E-state index contributed by atoms with van der Waals surface area (Å²) in [7, 11) is 0. The second-order valence-corrected chi connectivity index (χ2v) is 12.5. The van der Waals surface area contributed by atoms with Crippen LogP contribution in [0.3, 0.4) is 0 Å². The Hall–Kier alpha value is 0.960. The summed E-state index contributed by atoms with van der Waals surface area (Å²) in [5.41, 5.74) is -2.20. The fourth-order valence-corrected chi connectivity index (χ4v) is 5.09. The third-order valence-corrected chi connectivity index (χ3v) is 10.7. The lowest BCUT2D eigenvalue weighted by molar-refractivity contribution is 0.580. The predicted molar refractivity (Wildman–Crippen MR) is 72.8 cm³/mol. The zero-order valence-corrected chi connectivity index (χ0v) is 12.4. The Kier molecular flexibility index (Phi) is 6.29. The van der Waals surface area contributed by atoms with Crippen LogP contribution in [0.2, 0.25) is 0 Å². The fourth-order valence-electron chi connectivity index (χ4n) is 0.998. The molecular formula is C10H23OPS2. The average Bonchev–Trinajstić information content (AvgIpc) is 1.99. The zero-order chi connectivity index (χ0) is 11.4. The SMILES string of the molecule is CCCC(C)CSP(O)(=S)C(C)(C)C. The minimum atomic E-state index is -2.20. The van der Waals surface area contributed by atoms with Crippen molar-refractivity contribution in [2.24, 2.45) is 5.92 Å². The molecule has 0 fully saturated rings. The van der Waals surface area contributed by atoms with Crippen LogP contribution >= 0.6 is 16.8 Å². The van der Waals surface area contributed by atoms with Gasteiger partial charge in [-0.25, -0.2) is 0 Å². The maximum Gasteiger partial charge on any atom is 0.122 e. The van der Waals surface area contributed by atoms with Crippen LogP contribution in [-0.2, 0) is 11.8 Å². The number of hydrogen-bond acceptors (Lipinski definition) is 2. The molecule has 86 valence electrons. The van der Waals surface area contributed by atoms with E-state index >= 15 is 0 Å². The van der Waals surface area contributed by atoms with Gasteiger partial charge in [-0.1, -0.05) is 70.6 Å². The predicted octanol–water partition coefficient (Wildman–Crippen LogP) is 4.26. The lowest BCUT2D eigenvalue weighted by Crippen LogP contribution is -2.13. The van der Waals surface area contributed by atoms with E-state index in [1.165, 1.54) is 12.8 Å². The van der Waals surface area contributed by atoms with Gasteiger partial charge in [0, 0.05) is 10.9 Å². The third-order valence-electron chi connectivity index (χ3n) is 2.16. The van der Waals surface area contributed by atoms with Gasteiger partial charge < -0.3 is 4.89 Å². The van der Waals surface area contributed by atoms with Gasteiger partial charge >= 0.3 is 0 Å². The highest BCUT2D eigenvalue weighted by Gasteiger charge is 2.30. The van der Waals surface area contributed by atoms with Crippen LogP contribution < -0.4 is 0 Å². The van der Waals surface area contributed by atoms with E-state index in [-0.39, 0.29) is 5.16 Å². The van der Waals surface area contributed by atoms with Gasteiger partial charge in [-0.15, -0.1) is 0 Å². The van der Waals surface area contributed by atoms with E-state index in [0.29, 0.717) is 5.92 Å². The lowest BCUT2D eigenvalue weighted by Gasteiger charge is -2.29. The third kappa shape index (κ3) is 5.16. The van der Waals surface area contributed by atoms with Crippen molar-refractivity contribution >= 4 is 28.7 Å². The highest BCUT2D eigenvalue weighted by atomic mass is 32.9. The maximum atomic E-state index is 10.2. The zero-order valence-electron chi connectivity index (χ0n) is 9.91. The summed E-state index contributed by atoms with van der Waals surface area (Å²) in [5.74, 6) is 1.67. The molecule has 0 heterocycles. The molecule has 0 bridgehead atoms. The second-order valence-electron chi connectivity index (χ2n) is 4.88. The highest BCUT2D eigenvalue weighted by Crippen LogP contribution is 2.65. The van der Waals surface area contributed by atoms with Gasteiger partial charge in [-0.3, -0.25) is 0 Å². The van der Waals surface area contributed by atoms with Crippen molar-refractivity contribution in [3.8, 4) is 0 Å². The van der Waals surface area contributed by atoms with Crippen LogP contribution in [0.5, 0.6) is 0 Å². The van der Waals surface area contributed by atoms with Crippen LogP contribution in [0.25, 0.3) is 0 Å². The van der Waals surface area contributed by atoms with E-state index in [0.717, 1.165) is 5.75 Å². The van der Waals surface area contributed by atoms with Crippen molar-refractivity contribution in [3.05, 3.63) is 0 Å². The molecule has 0 aromatic heterocycles. The quantitative estimate of drug-likeness (QED) is 0.740. The monoisotopic (exact) mass is 254 g/mol. The summed E-state index contributed by atoms with van der Waals surface area (Å²) in [6.07, 6.45) is 2.44. The first-order chi connectivity index (χ1) is 6.20. The molecule has 2 unspecified atom stereocenters. The van der Waals surface area contributed by atoms with Crippen LogP contribution in [0, 0.1) is 5.92 Å². The first-order valence-corrected chi connectivity index (χ1v) is 9.52. The van der Waals surface area contributed by atoms with E-state index in [2.05, 4.69) is 13.8 Å². The smallest absolute Gasteiger partial charge is 0.122 e. The largest absolute Gasteiger partial charge is 0.357 e. The summed E-state index contributed by atoms with van der Waals surface area (Å²) in [6.45, 7) is 10.5. The molecule has 0 aliphatic heterocycles. The normalized spacial score (nSPS) is 19.0. The van der Waals surface area contributed by atoms with Crippen molar-refractivity contribution in [2.75, 3.05) is 5.75 Å². The molecule has 4 heteroatoms. The van der Waals surface area contributed by atoms with E-state index in [9.17, 15) is 4.89 Å². The molecule has 0 rings (SSSR count). The van der Waals surface area contributed by atoms with Crippen LogP contribution in [0.15, 0.2) is 0 Å². The van der Waals surface area contributed by atoms with E-state index in [4.69, 9.17) is 11.8 Å². The standard InChI is InChI=1S/C10H23OPS2/c1-6-7-9(2)8-14-12(11,13)10(3,4)5/h9H,6-8H2,1-5H3,(H,11,13). The minimum Gasteiger partial charge on any atom is -0.357 e. The van der Waals surface area contributed by atoms with Gasteiger partial charge in [0.2, 0.25) is 0 Å². The summed E-state index contributed by atoms with van der Waals surface area (Å²) >= 11 is 6.93. The molecule has 0 aromatic rings. The maximum absolute atomic E-state index is 10.2. The number of hydrogen-bond donors (Lipinski definition) is 1. The molecule has 14 heavy (non-hydrogen) atoms. The van der Waals surface area contributed by atoms with E-state index < -0.39 is 5.47 Å². The van der Waals surface area contributed by atoms with Crippen LogP contribution in [0.1, 0.15) is 47.5 Å². The summed E-state index contributed by atoms with van der Waals surface area (Å²) < 4.78 is 0. The molecular weight excluding hydrogens is 231 g/mol. The molecule has 0 saturated heterocycles. The Labute approximate surface area is 97.9 Å². The first kappa shape index (κ1) is 15.0. The van der Waals surface area contributed by atoms with Crippen molar-refractivity contribution in [2.45, 2.75) is 52.6 Å². The Bertz CT molecular complexity index is 211. The average molecular weight is 254 g/mol. The highest BCUT2D eigenvalue weighted by molar-refractivity contribution is 8.69. The van der Waals surface area contributed by atoms with Crippen LogP contribution in [0.4, 0.5) is 0 Å². The Balaban J connectivity index is 4.07. The van der Waals surface area contributed by atoms with Crippen molar-refractivity contribution in [1.82, 2.24) is 0 Å². The lowest BCUT2D eigenvalue weighted by atomic mass is 10.1. The summed E-state index contributed by atoms with van der Waals surface area (Å²) in [5, 5.41) is -0.126. The van der Waals surface area contributed by atoms with Gasteiger partial charge in [-0.2, -0.15) is 0 Å². The second kappa shape index (κ2) is 5.89. The Morgan fingerprint density at radius 2 is 1.93 bits per heavy atom. The van der Waals surface area contributed by atoms with Crippen molar-refractivity contribution in [3.63, 3.8) is 0 Å². The van der Waals surface area contributed by atoms with E-state index in [1.54, 1.807) is 11.4 Å². The molecule has 0 amide bonds. The molecule has 1 nitrogen and oxygen atoms in total. The van der Waals surface area contributed by atoms with Crippen molar-refractivity contribution < 1.29 is 4.89 Å². The molecule has 0 radical (unpaired) electrons. The van der Waals surface area contributed by atoms with Gasteiger partial charge in [0.1, 0.15) is 5.47 Å². The van der Waals surface area contributed by atoms with Gasteiger partial charge in [0.15, 0.2) is 0 Å². The minimum absolute atomic E-state index is 0.126. The Morgan fingerprint density at radius 1 is 1.43 bits per heavy atom. The molecule has 0 aromatic carbocycles. The molecule has 1 N–H and O–H groups in total. The van der Waals surface area contributed by atoms with Gasteiger partial charge in [0.25, 0.3) is 0 Å². The van der Waals surface area contributed by atoms with Gasteiger partial charge in [0.05, 0.1) is 0 Å². The first-order valence-electron chi connectivity index (χ1n) is 5.18. The fraction of sp³-hybridized carbons (Fsp3) is 1.00. The molecule has 0 spiro atoms. The molecule has 0 aliphatic rings. The molecule has 0 saturated carbocycles. The number of rotatable bonds is 5. The Morgan fingerprint density at radius 3 is 2.29 bits per heavy atom. The van der Waals surface area contributed by atoms with Crippen molar-refractivity contribution in [1.29, 1.82) is 0 Å². The summed E-state index contributed by atoms with van der Waals surface area (Å²) in [4.78, 5) is 10.2.